The lowest BCUT2D eigenvalue weighted by Gasteiger charge is -2.47. The lowest BCUT2D eigenvalue weighted by Crippen LogP contribution is -2.60. The molecule has 1 aromatic carbocycles. The van der Waals surface area contributed by atoms with Gasteiger partial charge in [0.1, 0.15) is 29.6 Å². The second kappa shape index (κ2) is 7.79. The maximum absolute atomic E-state index is 13.8. The second-order valence-corrected chi connectivity index (χ2v) is 8.64. The van der Waals surface area contributed by atoms with Gasteiger partial charge in [-0.15, -0.1) is 0 Å². The van der Waals surface area contributed by atoms with Crippen molar-refractivity contribution in [3.8, 4) is 16.9 Å². The molecular formula is C25H22N6O4. The standard InChI is InChI=1S/C25H22N6O4/c1-16-21(13-35-28-16)23(32)30-7-8-31-24(33)22-9-17(18-10-26-15-27-11-18)12-29(22)14-25(30,31)19-3-5-20(34-2)6-4-19/h3-6,9-13,15H,7-8,14H2,1-2H3. The van der Waals surface area contributed by atoms with E-state index in [-0.39, 0.29) is 11.8 Å². The van der Waals surface area contributed by atoms with Gasteiger partial charge in [-0.25, -0.2) is 9.97 Å². The lowest BCUT2D eigenvalue weighted by atomic mass is 9.93. The van der Waals surface area contributed by atoms with Crippen molar-refractivity contribution >= 4 is 11.8 Å². The van der Waals surface area contributed by atoms with E-state index in [1.165, 1.54) is 12.6 Å². The molecule has 1 fully saturated rings. The zero-order valence-electron chi connectivity index (χ0n) is 19.2. The molecule has 5 heterocycles. The predicted octanol–water partition coefficient (Wildman–Crippen LogP) is 2.71. The Morgan fingerprint density at radius 2 is 1.89 bits per heavy atom. The Morgan fingerprint density at radius 3 is 2.57 bits per heavy atom. The number of methoxy groups -OCH3 is 1. The van der Waals surface area contributed by atoms with Gasteiger partial charge in [-0.2, -0.15) is 0 Å². The molecule has 0 N–H and O–H groups in total. The maximum Gasteiger partial charge on any atom is 0.272 e. The number of aryl methyl sites for hydroxylation is 1. The number of hydrogen-bond donors (Lipinski definition) is 0. The minimum Gasteiger partial charge on any atom is -0.497 e. The summed E-state index contributed by atoms with van der Waals surface area (Å²) in [7, 11) is 1.60. The molecule has 176 valence electrons. The predicted molar refractivity (Wildman–Crippen MR) is 123 cm³/mol. The minimum atomic E-state index is -1.03. The number of benzene rings is 1. The van der Waals surface area contributed by atoms with Crippen molar-refractivity contribution in [3.05, 3.63) is 84.0 Å². The van der Waals surface area contributed by atoms with Crippen molar-refractivity contribution in [1.82, 2.24) is 29.5 Å². The van der Waals surface area contributed by atoms with E-state index in [2.05, 4.69) is 15.1 Å². The fraction of sp³-hybridized carbons (Fsp3) is 0.240. The van der Waals surface area contributed by atoms with Crippen molar-refractivity contribution in [2.24, 2.45) is 0 Å². The largest absolute Gasteiger partial charge is 0.497 e. The summed E-state index contributed by atoms with van der Waals surface area (Å²) in [6.45, 7) is 2.88. The van der Waals surface area contributed by atoms with E-state index in [1.54, 1.807) is 36.2 Å². The molecule has 1 atom stereocenters. The van der Waals surface area contributed by atoms with E-state index in [0.717, 1.165) is 16.7 Å². The molecule has 4 aromatic rings. The van der Waals surface area contributed by atoms with Crippen molar-refractivity contribution < 1.29 is 18.8 Å². The van der Waals surface area contributed by atoms with Crippen LogP contribution in [0, 0.1) is 6.92 Å². The molecule has 6 rings (SSSR count). The van der Waals surface area contributed by atoms with E-state index in [1.807, 2.05) is 41.1 Å². The van der Waals surface area contributed by atoms with Crippen LogP contribution in [0.25, 0.3) is 11.1 Å². The molecule has 35 heavy (non-hydrogen) atoms. The van der Waals surface area contributed by atoms with Gasteiger partial charge in [-0.05, 0) is 25.1 Å². The number of ether oxygens (including phenoxy) is 1. The number of carbonyl (C=O) groups excluding carboxylic acids is 2. The number of rotatable bonds is 4. The zero-order valence-corrected chi connectivity index (χ0v) is 19.2. The summed E-state index contributed by atoms with van der Waals surface area (Å²) in [5.41, 5.74) is 2.89. The van der Waals surface area contributed by atoms with Gasteiger partial charge < -0.3 is 23.6 Å². The van der Waals surface area contributed by atoms with Crippen molar-refractivity contribution in [2.45, 2.75) is 19.1 Å². The van der Waals surface area contributed by atoms with Gasteiger partial charge in [-0.3, -0.25) is 9.59 Å². The van der Waals surface area contributed by atoms with Crippen LogP contribution in [-0.2, 0) is 12.2 Å². The highest BCUT2D eigenvalue weighted by Gasteiger charge is 2.56. The first kappa shape index (κ1) is 21.1. The molecule has 0 saturated carbocycles. The van der Waals surface area contributed by atoms with Crippen LogP contribution in [0.2, 0.25) is 0 Å². The Kier molecular flexibility index (Phi) is 4.70. The van der Waals surface area contributed by atoms with Crippen LogP contribution in [0.3, 0.4) is 0 Å². The number of nitrogens with zero attached hydrogens (tertiary/aromatic N) is 6. The van der Waals surface area contributed by atoms with Crippen LogP contribution in [0.4, 0.5) is 0 Å². The topological polar surface area (TPSA) is 107 Å². The third kappa shape index (κ3) is 3.06. The number of fused-ring (bicyclic) bond motifs is 2. The SMILES string of the molecule is COc1ccc(C23Cn4cc(-c5cncnc5)cc4C(=O)N2CCN3C(=O)c2conc2C)cc1. The zero-order chi connectivity index (χ0) is 24.2. The molecule has 2 aliphatic rings. The fourth-order valence-corrected chi connectivity index (χ4v) is 5.13. The quantitative estimate of drug-likeness (QED) is 0.451. The van der Waals surface area contributed by atoms with E-state index in [4.69, 9.17) is 9.26 Å². The second-order valence-electron chi connectivity index (χ2n) is 8.64. The third-order valence-electron chi connectivity index (χ3n) is 6.86. The van der Waals surface area contributed by atoms with E-state index in [0.29, 0.717) is 42.3 Å². The summed E-state index contributed by atoms with van der Waals surface area (Å²) in [5, 5.41) is 3.88. The Morgan fingerprint density at radius 1 is 1.11 bits per heavy atom. The summed E-state index contributed by atoms with van der Waals surface area (Å²) in [4.78, 5) is 39.3. The van der Waals surface area contributed by atoms with Crippen LogP contribution in [0.1, 0.15) is 32.1 Å². The van der Waals surface area contributed by atoms with Gasteiger partial charge in [0.05, 0.1) is 19.3 Å². The monoisotopic (exact) mass is 470 g/mol. The van der Waals surface area contributed by atoms with Crippen LogP contribution >= 0.6 is 0 Å². The summed E-state index contributed by atoms with van der Waals surface area (Å²) < 4.78 is 12.3. The van der Waals surface area contributed by atoms with Crippen LogP contribution in [-0.4, -0.2) is 61.5 Å². The molecule has 10 heteroatoms. The van der Waals surface area contributed by atoms with Gasteiger partial charge in [0.25, 0.3) is 11.8 Å². The first-order valence-corrected chi connectivity index (χ1v) is 11.2. The van der Waals surface area contributed by atoms with Crippen LogP contribution < -0.4 is 4.74 Å². The number of carbonyl (C=O) groups is 2. The van der Waals surface area contributed by atoms with E-state index in [9.17, 15) is 9.59 Å². The molecule has 1 unspecified atom stereocenters. The molecule has 2 amide bonds. The van der Waals surface area contributed by atoms with Gasteiger partial charge in [0.15, 0.2) is 5.66 Å². The average molecular weight is 470 g/mol. The number of amides is 2. The van der Waals surface area contributed by atoms with E-state index < -0.39 is 5.66 Å². The highest BCUT2D eigenvalue weighted by molar-refractivity contribution is 5.99. The maximum atomic E-state index is 13.8. The average Bonchev–Trinajstić information content (AvgIpc) is 3.62. The van der Waals surface area contributed by atoms with E-state index >= 15 is 0 Å². The van der Waals surface area contributed by atoms with Gasteiger partial charge in [0.2, 0.25) is 0 Å². The smallest absolute Gasteiger partial charge is 0.272 e. The number of hydrogen-bond acceptors (Lipinski definition) is 7. The Bertz CT molecular complexity index is 1430. The highest BCUT2D eigenvalue weighted by atomic mass is 16.5. The summed E-state index contributed by atoms with van der Waals surface area (Å²) >= 11 is 0. The lowest BCUT2D eigenvalue weighted by molar-refractivity contribution is -0.00597. The minimum absolute atomic E-state index is 0.146. The Hall–Kier alpha value is -4.47. The van der Waals surface area contributed by atoms with Crippen molar-refractivity contribution in [3.63, 3.8) is 0 Å². The Labute approximate surface area is 200 Å². The van der Waals surface area contributed by atoms with Crippen LogP contribution in [0.15, 0.2) is 66.0 Å². The molecular weight excluding hydrogens is 448 g/mol. The first-order chi connectivity index (χ1) is 17.0. The molecule has 0 radical (unpaired) electrons. The summed E-state index contributed by atoms with van der Waals surface area (Å²) in [6, 6.07) is 9.36. The summed E-state index contributed by atoms with van der Waals surface area (Å²) in [6.07, 6.45) is 8.17. The van der Waals surface area contributed by atoms with Gasteiger partial charge in [0, 0.05) is 48.4 Å². The van der Waals surface area contributed by atoms with Crippen molar-refractivity contribution in [2.75, 3.05) is 20.2 Å². The fourth-order valence-electron chi connectivity index (χ4n) is 5.13. The van der Waals surface area contributed by atoms with Crippen LogP contribution in [0.5, 0.6) is 5.75 Å². The molecule has 0 spiro atoms. The summed E-state index contributed by atoms with van der Waals surface area (Å²) in [5.74, 6) is 0.312. The third-order valence-corrected chi connectivity index (χ3v) is 6.86. The molecule has 3 aromatic heterocycles. The van der Waals surface area contributed by atoms with Gasteiger partial charge >= 0.3 is 0 Å². The molecule has 2 aliphatic heterocycles. The highest BCUT2D eigenvalue weighted by Crippen LogP contribution is 2.44. The molecule has 0 bridgehead atoms. The molecule has 1 saturated heterocycles. The molecule has 0 aliphatic carbocycles. The van der Waals surface area contributed by atoms with Gasteiger partial charge in [-0.1, -0.05) is 17.3 Å². The first-order valence-electron chi connectivity index (χ1n) is 11.2. The van der Waals surface area contributed by atoms with Crippen molar-refractivity contribution in [1.29, 1.82) is 0 Å². The normalized spacial score (nSPS) is 19.0. The Balaban J connectivity index is 1.51. The number of aromatic nitrogens is 4. The molecule has 10 nitrogen and oxygen atoms in total.